The normalized spacial score (nSPS) is 29.2. The quantitative estimate of drug-likeness (QED) is 0.913. The molecule has 1 aromatic carbocycles. The molecule has 1 saturated carbocycles. The van der Waals surface area contributed by atoms with Gasteiger partial charge in [-0.3, -0.25) is 4.79 Å². The lowest BCUT2D eigenvalue weighted by atomic mass is 9.84. The van der Waals surface area contributed by atoms with Crippen molar-refractivity contribution in [3.8, 4) is 0 Å². The molecule has 2 fully saturated rings. The summed E-state index contributed by atoms with van der Waals surface area (Å²) in [5.74, 6) is 1.13. The molecule has 1 heterocycles. The van der Waals surface area contributed by atoms with Gasteiger partial charge >= 0.3 is 0 Å². The first-order valence-electron chi connectivity index (χ1n) is 7.98. The van der Waals surface area contributed by atoms with Crippen LogP contribution in [0.3, 0.4) is 0 Å². The van der Waals surface area contributed by atoms with Crippen LogP contribution in [0.2, 0.25) is 0 Å². The zero-order valence-corrected chi connectivity index (χ0v) is 12.6. The number of Topliss-reactive ketones (excluding diaryl/α,β-unsaturated/α-hetero) is 1. The van der Waals surface area contributed by atoms with E-state index in [1.165, 1.54) is 36.8 Å². The number of benzene rings is 1. The predicted octanol–water partition coefficient (Wildman–Crippen LogP) is 3.34. The molecule has 2 heteroatoms. The largest absolute Gasteiger partial charge is 0.304 e. The van der Waals surface area contributed by atoms with Gasteiger partial charge in [-0.2, -0.15) is 0 Å². The van der Waals surface area contributed by atoms with E-state index in [0.717, 1.165) is 17.9 Å². The highest BCUT2D eigenvalue weighted by molar-refractivity contribution is 5.86. The van der Waals surface area contributed by atoms with E-state index in [0.29, 0.717) is 18.2 Å². The van der Waals surface area contributed by atoms with Gasteiger partial charge in [-0.15, -0.1) is 0 Å². The van der Waals surface area contributed by atoms with Crippen LogP contribution in [0.4, 0.5) is 0 Å². The van der Waals surface area contributed by atoms with Crippen LogP contribution in [0.25, 0.3) is 0 Å². The van der Waals surface area contributed by atoms with Crippen molar-refractivity contribution in [3.05, 3.63) is 34.9 Å². The number of hydrogen-bond donors (Lipinski definition) is 1. The average Bonchev–Trinajstić information content (AvgIpc) is 2.87. The molecule has 3 atom stereocenters. The van der Waals surface area contributed by atoms with E-state index in [1.807, 2.05) is 0 Å². The van der Waals surface area contributed by atoms with Gasteiger partial charge in [0.25, 0.3) is 0 Å². The molecule has 108 valence electrons. The van der Waals surface area contributed by atoms with Crippen molar-refractivity contribution in [2.24, 2.45) is 5.92 Å². The van der Waals surface area contributed by atoms with Crippen LogP contribution in [-0.4, -0.2) is 17.9 Å². The monoisotopic (exact) mass is 271 g/mol. The SMILES string of the molecule is Cc1ccc(CC(=O)C2CC3CCCCC3N2)cc1C. The van der Waals surface area contributed by atoms with E-state index in [9.17, 15) is 4.79 Å². The highest BCUT2D eigenvalue weighted by Gasteiger charge is 2.37. The molecule has 3 rings (SSSR count). The van der Waals surface area contributed by atoms with Crippen LogP contribution < -0.4 is 5.32 Å². The Bertz CT molecular complexity index is 494. The molecule has 20 heavy (non-hydrogen) atoms. The van der Waals surface area contributed by atoms with E-state index >= 15 is 0 Å². The van der Waals surface area contributed by atoms with Crippen LogP contribution >= 0.6 is 0 Å². The Hall–Kier alpha value is -1.15. The third-order valence-corrected chi connectivity index (χ3v) is 5.20. The molecular weight excluding hydrogens is 246 g/mol. The minimum absolute atomic E-state index is 0.102. The number of ketones is 1. The Kier molecular flexibility index (Phi) is 3.93. The van der Waals surface area contributed by atoms with Crippen LogP contribution in [0, 0.1) is 19.8 Å². The third-order valence-electron chi connectivity index (χ3n) is 5.20. The summed E-state index contributed by atoms with van der Waals surface area (Å²) in [4.78, 5) is 12.5. The second-order valence-electron chi connectivity index (χ2n) is 6.67. The van der Waals surface area contributed by atoms with Crippen molar-refractivity contribution in [2.45, 2.75) is 64.5 Å². The van der Waals surface area contributed by atoms with Gasteiger partial charge in [-0.25, -0.2) is 0 Å². The predicted molar refractivity (Wildman–Crippen MR) is 81.9 cm³/mol. The number of nitrogens with one attached hydrogen (secondary N) is 1. The summed E-state index contributed by atoms with van der Waals surface area (Å²) in [5, 5.41) is 3.59. The second-order valence-corrected chi connectivity index (χ2v) is 6.67. The Balaban J connectivity index is 1.63. The average molecular weight is 271 g/mol. The van der Waals surface area contributed by atoms with E-state index in [-0.39, 0.29) is 6.04 Å². The molecule has 1 aliphatic carbocycles. The first-order valence-corrected chi connectivity index (χ1v) is 7.98. The van der Waals surface area contributed by atoms with Gasteiger partial charge in [0.05, 0.1) is 6.04 Å². The summed E-state index contributed by atoms with van der Waals surface area (Å²) >= 11 is 0. The minimum Gasteiger partial charge on any atom is -0.304 e. The first-order chi connectivity index (χ1) is 9.63. The fourth-order valence-corrected chi connectivity index (χ4v) is 3.80. The van der Waals surface area contributed by atoms with Gasteiger partial charge in [0.15, 0.2) is 5.78 Å². The molecule has 1 N–H and O–H groups in total. The molecule has 0 aromatic heterocycles. The minimum atomic E-state index is 0.102. The summed E-state index contributed by atoms with van der Waals surface area (Å²) < 4.78 is 0. The fraction of sp³-hybridized carbons (Fsp3) is 0.611. The van der Waals surface area contributed by atoms with Crippen LogP contribution in [0.1, 0.15) is 48.8 Å². The highest BCUT2D eigenvalue weighted by atomic mass is 16.1. The molecule has 2 aliphatic rings. The fourth-order valence-electron chi connectivity index (χ4n) is 3.80. The van der Waals surface area contributed by atoms with Crippen LogP contribution in [0.5, 0.6) is 0 Å². The van der Waals surface area contributed by atoms with Crippen LogP contribution in [0.15, 0.2) is 18.2 Å². The molecule has 0 amide bonds. The van der Waals surface area contributed by atoms with Crippen molar-refractivity contribution in [1.29, 1.82) is 0 Å². The third kappa shape index (κ3) is 2.80. The molecule has 1 saturated heterocycles. The Morgan fingerprint density at radius 1 is 1.20 bits per heavy atom. The maximum absolute atomic E-state index is 12.5. The molecule has 3 unspecified atom stereocenters. The Morgan fingerprint density at radius 3 is 2.75 bits per heavy atom. The van der Waals surface area contributed by atoms with Gasteiger partial charge in [0, 0.05) is 12.5 Å². The van der Waals surface area contributed by atoms with Crippen molar-refractivity contribution in [1.82, 2.24) is 5.32 Å². The van der Waals surface area contributed by atoms with Crippen LogP contribution in [-0.2, 0) is 11.2 Å². The zero-order valence-electron chi connectivity index (χ0n) is 12.6. The summed E-state index contributed by atoms with van der Waals surface area (Å²) in [5.41, 5.74) is 3.74. The molecule has 1 aliphatic heterocycles. The van der Waals surface area contributed by atoms with Gasteiger partial charge in [0.1, 0.15) is 0 Å². The topological polar surface area (TPSA) is 29.1 Å². The molecule has 2 nitrogen and oxygen atoms in total. The van der Waals surface area contributed by atoms with E-state index in [4.69, 9.17) is 0 Å². The number of carbonyl (C=O) groups excluding carboxylic acids is 1. The van der Waals surface area contributed by atoms with E-state index < -0.39 is 0 Å². The van der Waals surface area contributed by atoms with Crippen molar-refractivity contribution >= 4 is 5.78 Å². The van der Waals surface area contributed by atoms with Gasteiger partial charge in [-0.05, 0) is 55.7 Å². The molecule has 0 bridgehead atoms. The van der Waals surface area contributed by atoms with Gasteiger partial charge < -0.3 is 5.32 Å². The molecule has 0 spiro atoms. The smallest absolute Gasteiger partial charge is 0.154 e. The maximum Gasteiger partial charge on any atom is 0.154 e. The van der Waals surface area contributed by atoms with Gasteiger partial charge in [-0.1, -0.05) is 31.0 Å². The molecule has 1 aromatic rings. The lowest BCUT2D eigenvalue weighted by molar-refractivity contribution is -0.120. The number of rotatable bonds is 3. The van der Waals surface area contributed by atoms with E-state index in [1.54, 1.807) is 0 Å². The maximum atomic E-state index is 12.5. The zero-order chi connectivity index (χ0) is 14.1. The number of aryl methyl sites for hydroxylation is 2. The lowest BCUT2D eigenvalue weighted by Crippen LogP contribution is -2.37. The second kappa shape index (κ2) is 5.69. The lowest BCUT2D eigenvalue weighted by Gasteiger charge is -2.24. The Labute approximate surface area is 122 Å². The summed E-state index contributed by atoms with van der Waals surface area (Å²) in [6.07, 6.45) is 6.89. The Morgan fingerprint density at radius 2 is 2.00 bits per heavy atom. The summed E-state index contributed by atoms with van der Waals surface area (Å²) in [6.45, 7) is 4.23. The number of carbonyl (C=O) groups is 1. The first kappa shape index (κ1) is 13.8. The summed E-state index contributed by atoms with van der Waals surface area (Å²) in [6, 6.07) is 7.10. The van der Waals surface area contributed by atoms with E-state index in [2.05, 4.69) is 37.4 Å². The standard InChI is InChI=1S/C18H25NO/c1-12-7-8-14(9-13(12)2)10-18(20)17-11-15-5-3-4-6-16(15)19-17/h7-9,15-17,19H,3-6,10-11H2,1-2H3. The highest BCUT2D eigenvalue weighted by Crippen LogP contribution is 2.33. The van der Waals surface area contributed by atoms with Crippen molar-refractivity contribution < 1.29 is 4.79 Å². The van der Waals surface area contributed by atoms with Crippen molar-refractivity contribution in [2.75, 3.05) is 0 Å². The number of fused-ring (bicyclic) bond motifs is 1. The number of hydrogen-bond acceptors (Lipinski definition) is 2. The molecular formula is C18H25NO. The van der Waals surface area contributed by atoms with Crippen molar-refractivity contribution in [3.63, 3.8) is 0 Å². The van der Waals surface area contributed by atoms with Gasteiger partial charge in [0.2, 0.25) is 0 Å². The summed E-state index contributed by atoms with van der Waals surface area (Å²) in [7, 11) is 0. The molecule has 0 radical (unpaired) electrons.